The molecule has 1 aliphatic rings. The maximum Gasteiger partial charge on any atom is 0.231 e. The van der Waals surface area contributed by atoms with E-state index < -0.39 is 0 Å². The van der Waals surface area contributed by atoms with Gasteiger partial charge in [0.2, 0.25) is 11.8 Å². The van der Waals surface area contributed by atoms with Gasteiger partial charge in [0.05, 0.1) is 16.1 Å². The molecule has 1 saturated heterocycles. The Bertz CT molecular complexity index is 890. The number of likely N-dealkylation sites (tertiary alicyclic amines) is 1. The molecule has 0 radical (unpaired) electrons. The zero-order chi connectivity index (χ0) is 17.2. The van der Waals surface area contributed by atoms with Gasteiger partial charge in [0.15, 0.2) is 5.13 Å². The van der Waals surface area contributed by atoms with E-state index in [2.05, 4.69) is 10.3 Å². The summed E-state index contributed by atoms with van der Waals surface area (Å²) in [7, 11) is 0. The van der Waals surface area contributed by atoms with Gasteiger partial charge in [-0.3, -0.25) is 9.59 Å². The third-order valence-electron chi connectivity index (χ3n) is 4.33. The number of nitrogens with one attached hydrogen (secondary N) is 1. The number of aromatic nitrogens is 1. The average molecular weight is 351 g/mol. The van der Waals surface area contributed by atoms with E-state index >= 15 is 0 Å². The number of hydrogen-bond donors (Lipinski definition) is 1. The average Bonchev–Trinajstić information content (AvgIpc) is 3.19. The van der Waals surface area contributed by atoms with Gasteiger partial charge in [-0.15, -0.1) is 0 Å². The lowest BCUT2D eigenvalue weighted by atomic mass is 10.1. The number of rotatable bonds is 4. The zero-order valence-electron chi connectivity index (χ0n) is 13.5. The van der Waals surface area contributed by atoms with E-state index in [0.717, 1.165) is 15.8 Å². The highest BCUT2D eigenvalue weighted by Crippen LogP contribution is 2.27. The Balaban J connectivity index is 1.41. The van der Waals surface area contributed by atoms with Gasteiger partial charge in [-0.1, -0.05) is 53.8 Å². The molecule has 6 heteroatoms. The minimum atomic E-state index is -0.330. The summed E-state index contributed by atoms with van der Waals surface area (Å²) in [4.78, 5) is 30.9. The smallest absolute Gasteiger partial charge is 0.231 e. The van der Waals surface area contributed by atoms with E-state index in [1.807, 2.05) is 54.6 Å². The molecular formula is C19H17N3O2S. The van der Waals surface area contributed by atoms with Crippen LogP contribution < -0.4 is 5.32 Å². The van der Waals surface area contributed by atoms with Crippen molar-refractivity contribution in [1.82, 2.24) is 9.88 Å². The van der Waals surface area contributed by atoms with Gasteiger partial charge >= 0.3 is 0 Å². The number of hydrogen-bond acceptors (Lipinski definition) is 4. The molecule has 1 aliphatic heterocycles. The van der Waals surface area contributed by atoms with Gasteiger partial charge in [0.25, 0.3) is 0 Å². The molecule has 2 heterocycles. The standard InChI is InChI=1S/C19H17N3O2S/c23-17-10-14(12-22(17)11-13-6-2-1-3-7-13)18(24)21-19-20-15-8-4-5-9-16(15)25-19/h1-9,14H,10-12H2,(H,20,21,24)/t14-/m1/s1. The van der Waals surface area contributed by atoms with Crippen LogP contribution in [0.15, 0.2) is 54.6 Å². The molecule has 0 bridgehead atoms. The maximum absolute atomic E-state index is 12.5. The Morgan fingerprint density at radius 2 is 1.92 bits per heavy atom. The first-order valence-corrected chi connectivity index (χ1v) is 8.99. The second-order valence-corrected chi connectivity index (χ2v) is 7.17. The lowest BCUT2D eigenvalue weighted by Gasteiger charge is -2.16. The first kappa shape index (κ1) is 15.8. The number of carbonyl (C=O) groups is 2. The topological polar surface area (TPSA) is 62.3 Å². The fourth-order valence-electron chi connectivity index (χ4n) is 3.04. The Kier molecular flexibility index (Phi) is 4.19. The molecule has 1 aromatic heterocycles. The molecule has 2 amide bonds. The molecule has 5 nitrogen and oxygen atoms in total. The first-order chi connectivity index (χ1) is 12.2. The molecule has 0 spiro atoms. The third kappa shape index (κ3) is 3.39. The summed E-state index contributed by atoms with van der Waals surface area (Å²) >= 11 is 1.45. The van der Waals surface area contributed by atoms with Gasteiger partial charge in [-0.2, -0.15) is 0 Å². The van der Waals surface area contributed by atoms with Crippen LogP contribution in [-0.2, 0) is 16.1 Å². The van der Waals surface area contributed by atoms with Gasteiger partial charge < -0.3 is 10.2 Å². The van der Waals surface area contributed by atoms with Gasteiger partial charge in [-0.25, -0.2) is 4.98 Å². The normalized spacial score (nSPS) is 17.2. The van der Waals surface area contributed by atoms with E-state index in [4.69, 9.17) is 0 Å². The first-order valence-electron chi connectivity index (χ1n) is 8.17. The van der Waals surface area contributed by atoms with Crippen LogP contribution in [0.4, 0.5) is 5.13 Å². The van der Waals surface area contributed by atoms with Crippen LogP contribution in [0.25, 0.3) is 10.2 Å². The molecule has 4 rings (SSSR count). The van der Waals surface area contributed by atoms with Crippen molar-refractivity contribution < 1.29 is 9.59 Å². The summed E-state index contributed by atoms with van der Waals surface area (Å²) in [6.07, 6.45) is 0.254. The Hall–Kier alpha value is -2.73. The van der Waals surface area contributed by atoms with Gasteiger partial charge in [-0.05, 0) is 17.7 Å². The monoisotopic (exact) mass is 351 g/mol. The van der Waals surface area contributed by atoms with Crippen LogP contribution in [0.3, 0.4) is 0 Å². The van der Waals surface area contributed by atoms with Crippen molar-refractivity contribution >= 4 is 38.5 Å². The molecule has 25 heavy (non-hydrogen) atoms. The number of para-hydroxylation sites is 1. The highest BCUT2D eigenvalue weighted by atomic mass is 32.1. The summed E-state index contributed by atoms with van der Waals surface area (Å²) in [6, 6.07) is 17.6. The fraction of sp³-hybridized carbons (Fsp3) is 0.211. The molecule has 0 unspecified atom stereocenters. The summed E-state index contributed by atoms with van der Waals surface area (Å²) in [5.41, 5.74) is 1.94. The fourth-order valence-corrected chi connectivity index (χ4v) is 3.91. The van der Waals surface area contributed by atoms with E-state index in [9.17, 15) is 9.59 Å². The molecule has 0 aliphatic carbocycles. The summed E-state index contributed by atoms with van der Waals surface area (Å²) in [6.45, 7) is 0.995. The van der Waals surface area contributed by atoms with Crippen LogP contribution in [-0.4, -0.2) is 28.2 Å². The van der Waals surface area contributed by atoms with Crippen molar-refractivity contribution in [1.29, 1.82) is 0 Å². The molecular weight excluding hydrogens is 334 g/mol. The lowest BCUT2D eigenvalue weighted by molar-refractivity contribution is -0.128. The molecule has 1 N–H and O–H groups in total. The van der Waals surface area contributed by atoms with E-state index in [-0.39, 0.29) is 24.2 Å². The van der Waals surface area contributed by atoms with Crippen molar-refractivity contribution in [3.8, 4) is 0 Å². The molecule has 1 fully saturated rings. The highest BCUT2D eigenvalue weighted by Gasteiger charge is 2.34. The summed E-state index contributed by atoms with van der Waals surface area (Å²) in [5.74, 6) is -0.445. The minimum absolute atomic E-state index is 0.0216. The van der Waals surface area contributed by atoms with Crippen molar-refractivity contribution in [3.05, 3.63) is 60.2 Å². The summed E-state index contributed by atoms with van der Waals surface area (Å²) < 4.78 is 1.03. The second kappa shape index (κ2) is 6.64. The highest BCUT2D eigenvalue weighted by molar-refractivity contribution is 7.22. The number of anilines is 1. The number of carbonyl (C=O) groups excluding carboxylic acids is 2. The van der Waals surface area contributed by atoms with Crippen LogP contribution in [0.5, 0.6) is 0 Å². The van der Waals surface area contributed by atoms with Gasteiger partial charge in [0.1, 0.15) is 0 Å². The molecule has 126 valence electrons. The van der Waals surface area contributed by atoms with E-state index in [0.29, 0.717) is 18.2 Å². The maximum atomic E-state index is 12.5. The number of amides is 2. The van der Waals surface area contributed by atoms with Gasteiger partial charge in [0, 0.05) is 19.5 Å². The van der Waals surface area contributed by atoms with Crippen LogP contribution in [0, 0.1) is 5.92 Å². The SMILES string of the molecule is O=C(Nc1nc2ccccc2s1)[C@@H]1CC(=O)N(Cc2ccccc2)C1. The molecule has 0 saturated carbocycles. The molecule has 3 aromatic rings. The quantitative estimate of drug-likeness (QED) is 0.785. The van der Waals surface area contributed by atoms with Crippen LogP contribution in [0.2, 0.25) is 0 Å². The Morgan fingerprint density at radius 1 is 1.16 bits per heavy atom. The number of benzene rings is 2. The Labute approximate surface area is 149 Å². The number of fused-ring (bicyclic) bond motifs is 1. The van der Waals surface area contributed by atoms with Crippen LogP contribution in [0.1, 0.15) is 12.0 Å². The molecule has 2 aromatic carbocycles. The van der Waals surface area contributed by atoms with Crippen LogP contribution >= 0.6 is 11.3 Å². The lowest BCUT2D eigenvalue weighted by Crippen LogP contribution is -2.28. The van der Waals surface area contributed by atoms with E-state index in [1.165, 1.54) is 11.3 Å². The third-order valence-corrected chi connectivity index (χ3v) is 5.28. The van der Waals surface area contributed by atoms with Crippen molar-refractivity contribution in [2.24, 2.45) is 5.92 Å². The zero-order valence-corrected chi connectivity index (χ0v) is 14.3. The van der Waals surface area contributed by atoms with Crippen molar-refractivity contribution in [3.63, 3.8) is 0 Å². The number of thiazole rings is 1. The number of nitrogens with zero attached hydrogens (tertiary/aromatic N) is 2. The van der Waals surface area contributed by atoms with E-state index in [1.54, 1.807) is 4.90 Å². The second-order valence-electron chi connectivity index (χ2n) is 6.14. The van der Waals surface area contributed by atoms with Crippen molar-refractivity contribution in [2.75, 3.05) is 11.9 Å². The predicted octanol–water partition coefficient (Wildman–Crippen LogP) is 3.28. The largest absolute Gasteiger partial charge is 0.338 e. The Morgan fingerprint density at radius 3 is 2.72 bits per heavy atom. The summed E-state index contributed by atoms with van der Waals surface area (Å²) in [5, 5.41) is 3.45. The molecule has 1 atom stereocenters. The minimum Gasteiger partial charge on any atom is -0.338 e. The predicted molar refractivity (Wildman–Crippen MR) is 98.2 cm³/mol. The van der Waals surface area contributed by atoms with Crippen molar-refractivity contribution in [2.45, 2.75) is 13.0 Å².